The Morgan fingerprint density at radius 2 is 0.558 bits per heavy atom. The predicted molar refractivity (Wildman–Crippen MR) is 319 cm³/mol. The molecule has 8 nitrogen and oxygen atoms in total. The van der Waals surface area contributed by atoms with E-state index in [0.29, 0.717) is 50.8 Å². The molecule has 0 atom stereocenters. The molecule has 0 saturated heterocycles. The van der Waals surface area contributed by atoms with Crippen LogP contribution in [-0.2, 0) is 24.4 Å². The number of benzene rings is 10. The molecule has 10 aromatic carbocycles. The SMILES string of the molecule is CC(=O)c1ccc(C(=O)c2ccccc2)cc1.CC(=O)c1ccc(C(F)(F)c2ccccc2)cc1.O=C(O)c1ccc(C(=O)c2ccccc2)cc1.O=Cc1ccc(C(F)(F)c2ccccc2)cc1.OCc1ccc(C(F)(F)c2ccccc2)cc1. The second-order valence-electron chi connectivity index (χ2n) is 19.0. The molecule has 0 spiro atoms. The largest absolute Gasteiger partial charge is 0.478 e. The van der Waals surface area contributed by atoms with Crippen LogP contribution in [-0.4, -0.2) is 45.6 Å². The van der Waals surface area contributed by atoms with Gasteiger partial charge in [0.25, 0.3) is 17.8 Å². The van der Waals surface area contributed by atoms with Crippen LogP contribution in [0, 0.1) is 0 Å². The lowest BCUT2D eigenvalue weighted by Gasteiger charge is -2.17. The Balaban J connectivity index is 0.000000172. The number of aliphatic hydroxyl groups is 1. The molecule has 0 heterocycles. The van der Waals surface area contributed by atoms with Gasteiger partial charge >= 0.3 is 5.97 Å². The normalized spacial score (nSPS) is 10.8. The van der Waals surface area contributed by atoms with E-state index in [4.69, 9.17) is 10.2 Å². The summed E-state index contributed by atoms with van der Waals surface area (Å²) < 4.78 is 84.5. The molecule has 86 heavy (non-hydrogen) atoms. The quantitative estimate of drug-likeness (QED) is 0.0587. The minimum Gasteiger partial charge on any atom is -0.478 e. The number of ketones is 4. The van der Waals surface area contributed by atoms with Gasteiger partial charge in [-0.3, -0.25) is 24.0 Å². The maximum Gasteiger partial charge on any atom is 0.335 e. The number of aromatic carboxylic acids is 1. The number of hydrogen-bond acceptors (Lipinski definition) is 7. The molecule has 434 valence electrons. The minimum absolute atomic E-state index is 0.00344. The van der Waals surface area contributed by atoms with Gasteiger partial charge in [-0.15, -0.1) is 0 Å². The van der Waals surface area contributed by atoms with Gasteiger partial charge in [0.05, 0.1) is 12.2 Å². The fourth-order valence-corrected chi connectivity index (χ4v) is 8.08. The van der Waals surface area contributed by atoms with Gasteiger partial charge in [-0.1, -0.05) is 261 Å². The molecule has 0 radical (unpaired) electrons. The third-order valence-electron chi connectivity index (χ3n) is 13.0. The van der Waals surface area contributed by atoms with Gasteiger partial charge in [-0.25, -0.2) is 4.79 Å². The number of Topliss-reactive ketones (excluding diaryl/α,β-unsaturated/α-hetero) is 2. The van der Waals surface area contributed by atoms with Crippen molar-refractivity contribution in [1.29, 1.82) is 0 Å². The molecule has 0 unspecified atom stereocenters. The molecule has 0 saturated carbocycles. The summed E-state index contributed by atoms with van der Waals surface area (Å²) in [6.45, 7) is 2.77. The molecule has 0 aliphatic carbocycles. The van der Waals surface area contributed by atoms with Gasteiger partial charge in [-0.05, 0) is 31.5 Å². The zero-order valence-corrected chi connectivity index (χ0v) is 46.4. The monoisotopic (exact) mass is 1160 g/mol. The average molecular weight is 1160 g/mol. The van der Waals surface area contributed by atoms with Crippen LogP contribution in [0.15, 0.2) is 273 Å². The lowest BCUT2D eigenvalue weighted by molar-refractivity contribution is 0.0423. The second-order valence-corrected chi connectivity index (χ2v) is 19.0. The molecule has 2 N–H and O–H groups in total. The summed E-state index contributed by atoms with van der Waals surface area (Å²) >= 11 is 0. The van der Waals surface area contributed by atoms with E-state index in [-0.39, 0.29) is 68.7 Å². The van der Waals surface area contributed by atoms with Crippen LogP contribution in [0.1, 0.15) is 126 Å². The second kappa shape index (κ2) is 30.7. The van der Waals surface area contributed by atoms with E-state index in [1.165, 1.54) is 147 Å². The number of aldehydes is 1. The number of halogens is 6. The average Bonchev–Trinajstić information content (AvgIpc) is 2.51. The van der Waals surface area contributed by atoms with Crippen molar-refractivity contribution in [2.45, 2.75) is 38.2 Å². The van der Waals surface area contributed by atoms with E-state index in [9.17, 15) is 55.1 Å². The molecule has 10 aromatic rings. The van der Waals surface area contributed by atoms with Crippen LogP contribution < -0.4 is 0 Å². The van der Waals surface area contributed by atoms with E-state index in [1.807, 2.05) is 24.3 Å². The van der Waals surface area contributed by atoms with Crippen LogP contribution >= 0.6 is 0 Å². The van der Waals surface area contributed by atoms with Crippen LogP contribution in [0.2, 0.25) is 0 Å². The van der Waals surface area contributed by atoms with E-state index >= 15 is 0 Å². The van der Waals surface area contributed by atoms with Gasteiger partial charge in [-0.2, -0.15) is 26.3 Å². The first-order valence-electron chi connectivity index (χ1n) is 26.5. The van der Waals surface area contributed by atoms with Gasteiger partial charge in [0, 0.05) is 72.3 Å². The van der Waals surface area contributed by atoms with E-state index in [0.717, 1.165) is 0 Å². The Morgan fingerprint density at radius 1 is 0.326 bits per heavy atom. The number of carbonyl (C=O) groups excluding carboxylic acids is 5. The van der Waals surface area contributed by atoms with Crippen LogP contribution in [0.4, 0.5) is 26.3 Å². The van der Waals surface area contributed by atoms with Gasteiger partial charge in [0.1, 0.15) is 6.29 Å². The van der Waals surface area contributed by atoms with E-state index in [1.54, 1.807) is 115 Å². The molecule has 0 bridgehead atoms. The topological polar surface area (TPSA) is 143 Å². The molecule has 0 aromatic heterocycles. The van der Waals surface area contributed by atoms with Gasteiger partial charge in [0.2, 0.25) is 0 Å². The number of carboxylic acid groups (broad SMARTS) is 1. The predicted octanol–water partition coefficient (Wildman–Crippen LogP) is 16.7. The molecule has 0 fully saturated rings. The zero-order valence-electron chi connectivity index (χ0n) is 46.4. The highest BCUT2D eigenvalue weighted by Gasteiger charge is 2.35. The lowest BCUT2D eigenvalue weighted by Crippen LogP contribution is -2.15. The van der Waals surface area contributed by atoms with Crippen molar-refractivity contribution in [2.75, 3.05) is 0 Å². The summed E-state index contributed by atoms with van der Waals surface area (Å²) in [6.07, 6.45) is 0.629. The third kappa shape index (κ3) is 17.8. The Hall–Kier alpha value is -10.4. The van der Waals surface area contributed by atoms with Crippen molar-refractivity contribution in [2.24, 2.45) is 0 Å². The lowest BCUT2D eigenvalue weighted by atomic mass is 9.99. The number of carbonyl (C=O) groups is 6. The smallest absolute Gasteiger partial charge is 0.335 e. The molecule has 0 aliphatic rings. The maximum atomic E-state index is 14.1. The van der Waals surface area contributed by atoms with Gasteiger partial charge in [0.15, 0.2) is 23.1 Å². The van der Waals surface area contributed by atoms with Crippen molar-refractivity contribution in [3.8, 4) is 0 Å². The fourth-order valence-electron chi connectivity index (χ4n) is 8.08. The number of alkyl halides is 6. The fraction of sp³-hybridized carbons (Fsp3) is 0.0833. The minimum atomic E-state index is -3.05. The van der Waals surface area contributed by atoms with Crippen molar-refractivity contribution < 1.29 is 65.3 Å². The molecule has 0 aliphatic heterocycles. The first-order valence-corrected chi connectivity index (χ1v) is 26.5. The van der Waals surface area contributed by atoms with E-state index < -0.39 is 23.7 Å². The Bertz CT molecular complexity index is 3690. The number of aliphatic hydroxyl groups excluding tert-OH is 1. The zero-order chi connectivity index (χ0) is 62.3. The van der Waals surface area contributed by atoms with Crippen LogP contribution in [0.25, 0.3) is 0 Å². The number of rotatable bonds is 15. The first kappa shape index (κ1) is 64.7. The highest BCUT2D eigenvalue weighted by molar-refractivity contribution is 6.10. The van der Waals surface area contributed by atoms with Crippen LogP contribution in [0.3, 0.4) is 0 Å². The summed E-state index contributed by atoms with van der Waals surface area (Å²) in [5.74, 6) is -10.4. The summed E-state index contributed by atoms with van der Waals surface area (Å²) in [7, 11) is 0. The van der Waals surface area contributed by atoms with Gasteiger partial charge < -0.3 is 10.2 Å². The molecule has 0 amide bonds. The first-order chi connectivity index (χ1) is 41.2. The maximum absolute atomic E-state index is 14.1. The molecular weight excluding hydrogens is 1110 g/mol. The van der Waals surface area contributed by atoms with Crippen molar-refractivity contribution in [3.63, 3.8) is 0 Å². The van der Waals surface area contributed by atoms with E-state index in [2.05, 4.69) is 0 Å². The highest BCUT2D eigenvalue weighted by atomic mass is 19.3. The Morgan fingerprint density at radius 3 is 0.837 bits per heavy atom. The summed E-state index contributed by atoms with van der Waals surface area (Å²) in [4.78, 5) is 67.3. The molecule has 10 rings (SSSR count). The Kier molecular flexibility index (Phi) is 23.1. The number of carboxylic acids is 1. The standard InChI is InChI=1S/C15H12F2O.C15H12O2.C14H12F2O.C14H10F2O.C14H10O3/c1-11(18)12-7-9-14(10-8-12)15(16,17)13-5-3-2-4-6-13;1-11(16)12-7-9-14(10-8-12)15(17)13-5-3-2-4-6-13;2*15-14(16,12-4-2-1-3-5-12)13-8-6-11(10-17)7-9-13;15-13(10-4-2-1-3-5-10)11-6-8-12(9-7-11)14(16)17/h2-10H,1H3;2-10H,1H3;1-9,17H,10H2;1-10H;1-9H,(H,16,17). The molecular formula is C72H56F6O8. The van der Waals surface area contributed by atoms with Crippen molar-refractivity contribution in [3.05, 3.63) is 356 Å². The number of hydrogen-bond donors (Lipinski definition) is 2. The Labute approximate surface area is 493 Å². The highest BCUT2D eigenvalue weighted by Crippen LogP contribution is 2.37. The van der Waals surface area contributed by atoms with Crippen molar-refractivity contribution in [1.82, 2.24) is 0 Å². The van der Waals surface area contributed by atoms with Crippen molar-refractivity contribution >= 4 is 35.4 Å². The summed E-state index contributed by atoms with van der Waals surface area (Å²) in [5.41, 5.74) is 4.13. The summed E-state index contributed by atoms with van der Waals surface area (Å²) in [5, 5.41) is 17.6. The summed E-state index contributed by atoms with van der Waals surface area (Å²) in [6, 6.07) is 70.0. The molecule has 14 heteroatoms. The third-order valence-corrected chi connectivity index (χ3v) is 13.0. The van der Waals surface area contributed by atoms with Crippen LogP contribution in [0.5, 0.6) is 0 Å².